The lowest BCUT2D eigenvalue weighted by molar-refractivity contribution is -0.121. The molecule has 0 saturated carbocycles. The zero-order valence-corrected chi connectivity index (χ0v) is 7.82. The average molecular weight is 179 g/mol. The Hall–Kier alpha value is -1.45. The standard InChI is InChI=1S/C9H13N3O/c1-3-8(13)12-7(2)9-10-5-4-6-11-9/h4-7H,3H2,1-2H3,(H,12,13). The molecule has 0 aromatic carbocycles. The molecule has 0 aliphatic rings. The van der Waals surface area contributed by atoms with Crippen molar-refractivity contribution >= 4 is 5.91 Å². The van der Waals surface area contributed by atoms with E-state index in [0.29, 0.717) is 12.2 Å². The number of nitrogens with zero attached hydrogens (tertiary/aromatic N) is 2. The van der Waals surface area contributed by atoms with Gasteiger partial charge in [-0.25, -0.2) is 9.97 Å². The Morgan fingerprint density at radius 3 is 2.69 bits per heavy atom. The molecule has 0 aliphatic heterocycles. The van der Waals surface area contributed by atoms with E-state index in [4.69, 9.17) is 0 Å². The Bertz CT molecular complexity index is 273. The molecule has 0 saturated heterocycles. The number of carbonyl (C=O) groups is 1. The number of aromatic nitrogens is 2. The molecule has 0 fully saturated rings. The molecule has 1 N–H and O–H groups in total. The van der Waals surface area contributed by atoms with Crippen LogP contribution in [0.1, 0.15) is 32.1 Å². The lowest BCUT2D eigenvalue weighted by Crippen LogP contribution is -2.26. The van der Waals surface area contributed by atoms with Crippen LogP contribution >= 0.6 is 0 Å². The third-order valence-electron chi connectivity index (χ3n) is 1.67. The van der Waals surface area contributed by atoms with E-state index >= 15 is 0 Å². The van der Waals surface area contributed by atoms with Gasteiger partial charge in [0.1, 0.15) is 5.82 Å². The fraction of sp³-hybridized carbons (Fsp3) is 0.444. The number of nitrogens with one attached hydrogen (secondary N) is 1. The number of hydrogen-bond donors (Lipinski definition) is 1. The second-order valence-electron chi connectivity index (χ2n) is 2.75. The van der Waals surface area contributed by atoms with E-state index in [1.165, 1.54) is 0 Å². The van der Waals surface area contributed by atoms with Gasteiger partial charge in [0.2, 0.25) is 5.91 Å². The molecule has 1 amide bonds. The highest BCUT2D eigenvalue weighted by molar-refractivity contribution is 5.75. The van der Waals surface area contributed by atoms with Crippen LogP contribution in [-0.4, -0.2) is 15.9 Å². The summed E-state index contributed by atoms with van der Waals surface area (Å²) in [6.07, 6.45) is 3.81. The lowest BCUT2D eigenvalue weighted by atomic mass is 10.3. The van der Waals surface area contributed by atoms with E-state index in [2.05, 4.69) is 15.3 Å². The normalized spacial score (nSPS) is 12.2. The zero-order chi connectivity index (χ0) is 9.68. The summed E-state index contributed by atoms with van der Waals surface area (Å²) < 4.78 is 0. The van der Waals surface area contributed by atoms with Gasteiger partial charge >= 0.3 is 0 Å². The van der Waals surface area contributed by atoms with Crippen LogP contribution in [0.25, 0.3) is 0 Å². The third kappa shape index (κ3) is 2.82. The predicted octanol–water partition coefficient (Wildman–Crippen LogP) is 1.06. The first kappa shape index (κ1) is 9.64. The van der Waals surface area contributed by atoms with Crippen molar-refractivity contribution in [2.45, 2.75) is 26.3 Å². The van der Waals surface area contributed by atoms with Crippen molar-refractivity contribution in [1.29, 1.82) is 0 Å². The number of hydrogen-bond acceptors (Lipinski definition) is 3. The first-order valence-corrected chi connectivity index (χ1v) is 4.30. The Morgan fingerprint density at radius 1 is 1.54 bits per heavy atom. The van der Waals surface area contributed by atoms with Crippen LogP contribution in [0.15, 0.2) is 18.5 Å². The minimum atomic E-state index is -0.117. The summed E-state index contributed by atoms with van der Waals surface area (Å²) in [6, 6.07) is 1.63. The van der Waals surface area contributed by atoms with Crippen molar-refractivity contribution in [2.24, 2.45) is 0 Å². The molecule has 1 unspecified atom stereocenters. The molecule has 70 valence electrons. The molecule has 13 heavy (non-hydrogen) atoms. The molecule has 1 aromatic heterocycles. The summed E-state index contributed by atoms with van der Waals surface area (Å²) in [5, 5.41) is 2.78. The van der Waals surface area contributed by atoms with Crippen LogP contribution in [0.2, 0.25) is 0 Å². The molecule has 1 aromatic rings. The minimum Gasteiger partial charge on any atom is -0.346 e. The van der Waals surface area contributed by atoms with Crippen molar-refractivity contribution in [2.75, 3.05) is 0 Å². The van der Waals surface area contributed by atoms with E-state index in [1.807, 2.05) is 13.8 Å². The van der Waals surface area contributed by atoms with Crippen LogP contribution in [0.5, 0.6) is 0 Å². The van der Waals surface area contributed by atoms with Gasteiger partial charge in [0.25, 0.3) is 0 Å². The largest absolute Gasteiger partial charge is 0.346 e. The topological polar surface area (TPSA) is 54.9 Å². The maximum absolute atomic E-state index is 11.0. The molecule has 0 radical (unpaired) electrons. The molecule has 1 atom stereocenters. The Morgan fingerprint density at radius 2 is 2.15 bits per heavy atom. The van der Waals surface area contributed by atoms with Gasteiger partial charge in [-0.15, -0.1) is 0 Å². The van der Waals surface area contributed by atoms with Gasteiger partial charge in [-0.05, 0) is 13.0 Å². The SMILES string of the molecule is CCC(=O)NC(C)c1ncccn1. The summed E-state index contributed by atoms with van der Waals surface area (Å²) in [5.74, 6) is 0.657. The third-order valence-corrected chi connectivity index (χ3v) is 1.67. The van der Waals surface area contributed by atoms with Crippen molar-refractivity contribution in [3.05, 3.63) is 24.3 Å². The van der Waals surface area contributed by atoms with E-state index in [9.17, 15) is 4.79 Å². The maximum atomic E-state index is 11.0. The fourth-order valence-electron chi connectivity index (χ4n) is 0.942. The van der Waals surface area contributed by atoms with Crippen molar-refractivity contribution < 1.29 is 4.79 Å². The van der Waals surface area contributed by atoms with Gasteiger partial charge in [0.05, 0.1) is 6.04 Å². The summed E-state index contributed by atoms with van der Waals surface area (Å²) in [6.45, 7) is 3.68. The van der Waals surface area contributed by atoms with Crippen molar-refractivity contribution in [1.82, 2.24) is 15.3 Å². The average Bonchev–Trinajstić information content (AvgIpc) is 2.19. The summed E-state index contributed by atoms with van der Waals surface area (Å²) >= 11 is 0. The quantitative estimate of drug-likeness (QED) is 0.755. The van der Waals surface area contributed by atoms with Crippen LogP contribution in [-0.2, 0) is 4.79 Å². The smallest absolute Gasteiger partial charge is 0.220 e. The fourth-order valence-corrected chi connectivity index (χ4v) is 0.942. The first-order valence-electron chi connectivity index (χ1n) is 4.30. The molecule has 1 rings (SSSR count). The van der Waals surface area contributed by atoms with E-state index in [-0.39, 0.29) is 11.9 Å². The summed E-state index contributed by atoms with van der Waals surface area (Å²) in [4.78, 5) is 19.1. The first-order chi connectivity index (χ1) is 6.24. The van der Waals surface area contributed by atoms with Crippen LogP contribution in [0, 0.1) is 0 Å². The Labute approximate surface area is 77.4 Å². The number of rotatable bonds is 3. The Balaban J connectivity index is 2.59. The van der Waals surface area contributed by atoms with Crippen LogP contribution < -0.4 is 5.32 Å². The molecule has 4 nitrogen and oxygen atoms in total. The van der Waals surface area contributed by atoms with Gasteiger partial charge in [-0.1, -0.05) is 6.92 Å². The van der Waals surface area contributed by atoms with Gasteiger partial charge in [-0.2, -0.15) is 0 Å². The second kappa shape index (κ2) is 4.54. The number of carbonyl (C=O) groups excluding carboxylic acids is 1. The summed E-state index contributed by atoms with van der Waals surface area (Å²) in [7, 11) is 0. The molecular formula is C9H13N3O. The monoisotopic (exact) mass is 179 g/mol. The van der Waals surface area contributed by atoms with Crippen LogP contribution in [0.4, 0.5) is 0 Å². The minimum absolute atomic E-state index is 0.0138. The van der Waals surface area contributed by atoms with Gasteiger partial charge in [0, 0.05) is 18.8 Å². The second-order valence-corrected chi connectivity index (χ2v) is 2.75. The molecule has 4 heteroatoms. The van der Waals surface area contributed by atoms with Gasteiger partial charge in [0.15, 0.2) is 0 Å². The van der Waals surface area contributed by atoms with Crippen LogP contribution in [0.3, 0.4) is 0 Å². The predicted molar refractivity (Wildman–Crippen MR) is 48.9 cm³/mol. The Kier molecular flexibility index (Phi) is 3.37. The highest BCUT2D eigenvalue weighted by Crippen LogP contribution is 2.03. The van der Waals surface area contributed by atoms with Gasteiger partial charge in [-0.3, -0.25) is 4.79 Å². The zero-order valence-electron chi connectivity index (χ0n) is 7.82. The van der Waals surface area contributed by atoms with E-state index in [1.54, 1.807) is 18.5 Å². The maximum Gasteiger partial charge on any atom is 0.220 e. The molecule has 1 heterocycles. The van der Waals surface area contributed by atoms with E-state index in [0.717, 1.165) is 0 Å². The summed E-state index contributed by atoms with van der Waals surface area (Å²) in [5.41, 5.74) is 0. The lowest BCUT2D eigenvalue weighted by Gasteiger charge is -2.10. The van der Waals surface area contributed by atoms with Crippen molar-refractivity contribution in [3.63, 3.8) is 0 Å². The molecular weight excluding hydrogens is 166 g/mol. The molecule has 0 spiro atoms. The highest BCUT2D eigenvalue weighted by atomic mass is 16.1. The van der Waals surface area contributed by atoms with Crippen molar-refractivity contribution in [3.8, 4) is 0 Å². The van der Waals surface area contributed by atoms with Gasteiger partial charge < -0.3 is 5.32 Å². The van der Waals surface area contributed by atoms with E-state index < -0.39 is 0 Å². The molecule has 0 bridgehead atoms. The number of amides is 1. The highest BCUT2D eigenvalue weighted by Gasteiger charge is 2.09. The molecule has 0 aliphatic carbocycles.